The molecule has 14 heavy (non-hydrogen) atoms. The summed E-state index contributed by atoms with van der Waals surface area (Å²) in [4.78, 5) is 1.57. The summed E-state index contributed by atoms with van der Waals surface area (Å²) in [5.41, 5.74) is 0. The Labute approximate surface area is 93.6 Å². The van der Waals surface area contributed by atoms with Gasteiger partial charge in [0.05, 0.1) is 12.6 Å². The smallest absolute Gasteiger partial charge is 0.260 e. The van der Waals surface area contributed by atoms with E-state index in [9.17, 15) is 8.78 Å². The third kappa shape index (κ3) is 4.73. The van der Waals surface area contributed by atoms with E-state index in [0.29, 0.717) is 13.0 Å². The maximum Gasteiger partial charge on any atom is 0.260 e. The molecular formula is C8H15Cl2F2NO. The predicted octanol–water partition coefficient (Wildman–Crippen LogP) is 1.74. The Morgan fingerprint density at radius 3 is 2.64 bits per heavy atom. The Balaban J connectivity index is 0.00000169. The standard InChI is InChI=1S/C8H14ClF2NO.ClH/c9-4-7(13)5-12-3-1-2-8(10,11)6-12;/h7,13H,1-6H2;1H. The van der Waals surface area contributed by atoms with E-state index >= 15 is 0 Å². The summed E-state index contributed by atoms with van der Waals surface area (Å²) in [6, 6.07) is 0. The van der Waals surface area contributed by atoms with Crippen LogP contribution in [0.2, 0.25) is 0 Å². The zero-order valence-electron chi connectivity index (χ0n) is 7.76. The van der Waals surface area contributed by atoms with Gasteiger partial charge in [-0.15, -0.1) is 24.0 Å². The molecule has 1 saturated heterocycles. The molecule has 1 atom stereocenters. The van der Waals surface area contributed by atoms with Gasteiger partial charge in [-0.2, -0.15) is 0 Å². The van der Waals surface area contributed by atoms with Gasteiger partial charge < -0.3 is 5.11 Å². The van der Waals surface area contributed by atoms with Crippen LogP contribution >= 0.6 is 24.0 Å². The highest BCUT2D eigenvalue weighted by atomic mass is 35.5. The zero-order valence-corrected chi connectivity index (χ0v) is 9.33. The number of hydrogen-bond donors (Lipinski definition) is 1. The minimum absolute atomic E-state index is 0. The highest BCUT2D eigenvalue weighted by molar-refractivity contribution is 6.18. The summed E-state index contributed by atoms with van der Waals surface area (Å²) in [5.74, 6) is -2.49. The van der Waals surface area contributed by atoms with Crippen LogP contribution in [0.4, 0.5) is 8.78 Å². The average Bonchev–Trinajstić information content (AvgIpc) is 2.02. The molecule has 0 spiro atoms. The Kier molecular flexibility index (Phi) is 6.21. The molecule has 2 nitrogen and oxygen atoms in total. The Bertz CT molecular complexity index is 171. The molecule has 1 rings (SSSR count). The first-order valence-corrected chi connectivity index (χ1v) is 4.91. The molecule has 1 aliphatic rings. The van der Waals surface area contributed by atoms with Crippen LogP contribution < -0.4 is 0 Å². The van der Waals surface area contributed by atoms with Gasteiger partial charge in [0.2, 0.25) is 0 Å². The summed E-state index contributed by atoms with van der Waals surface area (Å²) in [7, 11) is 0. The number of rotatable bonds is 3. The number of likely N-dealkylation sites (tertiary alicyclic amines) is 1. The van der Waals surface area contributed by atoms with Gasteiger partial charge >= 0.3 is 0 Å². The summed E-state index contributed by atoms with van der Waals surface area (Å²) in [6.07, 6.45) is -0.252. The molecule has 1 unspecified atom stereocenters. The molecule has 0 aliphatic carbocycles. The van der Waals surface area contributed by atoms with Crippen molar-refractivity contribution in [3.05, 3.63) is 0 Å². The maximum atomic E-state index is 12.9. The van der Waals surface area contributed by atoms with Gasteiger partial charge in [-0.05, 0) is 13.0 Å². The molecule has 86 valence electrons. The van der Waals surface area contributed by atoms with Crippen LogP contribution in [0.3, 0.4) is 0 Å². The molecule has 1 aliphatic heterocycles. The van der Waals surface area contributed by atoms with Gasteiger partial charge in [0.1, 0.15) is 0 Å². The monoisotopic (exact) mass is 249 g/mol. The maximum absolute atomic E-state index is 12.9. The minimum atomic E-state index is -2.59. The lowest BCUT2D eigenvalue weighted by atomic mass is 10.1. The first-order chi connectivity index (χ1) is 6.03. The minimum Gasteiger partial charge on any atom is -0.391 e. The van der Waals surface area contributed by atoms with E-state index < -0.39 is 12.0 Å². The predicted molar refractivity (Wildman–Crippen MR) is 54.6 cm³/mol. The van der Waals surface area contributed by atoms with Crippen molar-refractivity contribution in [1.82, 2.24) is 4.90 Å². The van der Waals surface area contributed by atoms with Gasteiger partial charge in [0, 0.05) is 18.8 Å². The quantitative estimate of drug-likeness (QED) is 0.771. The van der Waals surface area contributed by atoms with Crippen molar-refractivity contribution in [2.75, 3.05) is 25.5 Å². The highest BCUT2D eigenvalue weighted by Gasteiger charge is 2.35. The van der Waals surface area contributed by atoms with Crippen molar-refractivity contribution >= 4 is 24.0 Å². The molecule has 0 bridgehead atoms. The second-order valence-electron chi connectivity index (χ2n) is 3.50. The van der Waals surface area contributed by atoms with Crippen molar-refractivity contribution in [1.29, 1.82) is 0 Å². The van der Waals surface area contributed by atoms with E-state index in [1.165, 1.54) is 0 Å². The molecule has 0 aromatic rings. The molecule has 0 amide bonds. The van der Waals surface area contributed by atoms with E-state index in [1.807, 2.05) is 0 Å². The second-order valence-corrected chi connectivity index (χ2v) is 3.81. The Morgan fingerprint density at radius 2 is 2.14 bits per heavy atom. The summed E-state index contributed by atoms with van der Waals surface area (Å²) in [5, 5.41) is 9.16. The third-order valence-electron chi connectivity index (χ3n) is 2.12. The number of aliphatic hydroxyl groups is 1. The van der Waals surface area contributed by atoms with Crippen LogP contribution in [-0.2, 0) is 0 Å². The molecule has 0 radical (unpaired) electrons. The van der Waals surface area contributed by atoms with Gasteiger partial charge in [0.25, 0.3) is 5.92 Å². The molecular weight excluding hydrogens is 235 g/mol. The average molecular weight is 250 g/mol. The number of β-amino-alcohol motifs (C(OH)–C–C–N with tert-alkyl or cyclic N) is 1. The Morgan fingerprint density at radius 1 is 1.50 bits per heavy atom. The van der Waals surface area contributed by atoms with Crippen LogP contribution in [0.1, 0.15) is 12.8 Å². The fourth-order valence-corrected chi connectivity index (χ4v) is 1.65. The second kappa shape index (κ2) is 6.05. The van der Waals surface area contributed by atoms with Crippen molar-refractivity contribution in [2.24, 2.45) is 0 Å². The summed E-state index contributed by atoms with van der Waals surface area (Å²) < 4.78 is 25.7. The molecule has 1 N–H and O–H groups in total. The van der Waals surface area contributed by atoms with Crippen LogP contribution in [0.5, 0.6) is 0 Å². The lowest BCUT2D eigenvalue weighted by Gasteiger charge is -2.33. The van der Waals surface area contributed by atoms with Crippen molar-refractivity contribution in [3.63, 3.8) is 0 Å². The molecule has 1 heterocycles. The molecule has 0 aromatic heterocycles. The number of piperidine rings is 1. The third-order valence-corrected chi connectivity index (χ3v) is 2.48. The highest BCUT2D eigenvalue weighted by Crippen LogP contribution is 2.26. The van der Waals surface area contributed by atoms with Gasteiger partial charge in [-0.1, -0.05) is 0 Å². The summed E-state index contributed by atoms with van der Waals surface area (Å²) >= 11 is 5.38. The zero-order chi connectivity index (χ0) is 9.90. The van der Waals surface area contributed by atoms with E-state index in [0.717, 1.165) is 0 Å². The number of alkyl halides is 3. The van der Waals surface area contributed by atoms with Gasteiger partial charge in [0.15, 0.2) is 0 Å². The number of halogens is 4. The van der Waals surface area contributed by atoms with E-state index in [2.05, 4.69) is 0 Å². The van der Waals surface area contributed by atoms with Crippen LogP contribution in [0.15, 0.2) is 0 Å². The fraction of sp³-hybridized carbons (Fsp3) is 1.00. The molecule has 0 aromatic carbocycles. The van der Waals surface area contributed by atoms with E-state index in [4.69, 9.17) is 16.7 Å². The number of hydrogen-bond acceptors (Lipinski definition) is 2. The fourth-order valence-electron chi connectivity index (χ4n) is 1.55. The Hall–Kier alpha value is 0.360. The van der Waals surface area contributed by atoms with Crippen LogP contribution in [0, 0.1) is 0 Å². The van der Waals surface area contributed by atoms with Crippen LogP contribution in [0.25, 0.3) is 0 Å². The van der Waals surface area contributed by atoms with Crippen molar-refractivity contribution in [2.45, 2.75) is 24.9 Å². The molecule has 6 heteroatoms. The number of aliphatic hydroxyl groups excluding tert-OH is 1. The summed E-state index contributed by atoms with van der Waals surface area (Å²) in [6.45, 7) is 0.629. The van der Waals surface area contributed by atoms with E-state index in [-0.39, 0.29) is 37.8 Å². The van der Waals surface area contributed by atoms with Crippen LogP contribution in [-0.4, -0.2) is 47.5 Å². The SMILES string of the molecule is Cl.OC(CCl)CN1CCCC(F)(F)C1. The lowest BCUT2D eigenvalue weighted by Crippen LogP contribution is -2.45. The largest absolute Gasteiger partial charge is 0.391 e. The first-order valence-electron chi connectivity index (χ1n) is 4.38. The molecule has 1 fully saturated rings. The topological polar surface area (TPSA) is 23.5 Å². The number of nitrogens with zero attached hydrogens (tertiary/aromatic N) is 1. The van der Waals surface area contributed by atoms with Crippen molar-refractivity contribution < 1.29 is 13.9 Å². The van der Waals surface area contributed by atoms with E-state index in [1.54, 1.807) is 4.90 Å². The first kappa shape index (κ1) is 14.4. The van der Waals surface area contributed by atoms with Crippen molar-refractivity contribution in [3.8, 4) is 0 Å². The normalized spacial score (nSPS) is 24.0. The lowest BCUT2D eigenvalue weighted by molar-refractivity contribution is -0.0703. The molecule has 0 saturated carbocycles. The van der Waals surface area contributed by atoms with Gasteiger partial charge in [-0.3, -0.25) is 4.90 Å². The van der Waals surface area contributed by atoms with Gasteiger partial charge in [-0.25, -0.2) is 8.78 Å².